The van der Waals surface area contributed by atoms with E-state index in [4.69, 9.17) is 0 Å². The van der Waals surface area contributed by atoms with Crippen LogP contribution in [0, 0.1) is 0 Å². The molecule has 0 bridgehead atoms. The van der Waals surface area contributed by atoms with Crippen molar-refractivity contribution < 1.29 is 4.79 Å². The van der Waals surface area contributed by atoms with Crippen LogP contribution in [0.2, 0.25) is 0 Å². The first-order valence-electron chi connectivity index (χ1n) is 4.91. The molecule has 0 aliphatic rings. The molecule has 3 nitrogen and oxygen atoms in total. The summed E-state index contributed by atoms with van der Waals surface area (Å²) >= 11 is 3.20. The number of rotatable bonds is 3. The molecule has 0 radical (unpaired) electrons. The average Bonchev–Trinajstić information content (AvgIpc) is 2.18. The lowest BCUT2D eigenvalue weighted by molar-refractivity contribution is -0.115. The highest BCUT2D eigenvalue weighted by atomic mass is 79.9. The van der Waals surface area contributed by atoms with Gasteiger partial charge >= 0.3 is 0 Å². The van der Waals surface area contributed by atoms with Gasteiger partial charge in [0.1, 0.15) is 5.82 Å². The summed E-state index contributed by atoms with van der Waals surface area (Å²) in [5.74, 6) is 0.966. The Kier molecular flexibility index (Phi) is 4.27. The molecule has 1 N–H and O–H groups in total. The van der Waals surface area contributed by atoms with Crippen molar-refractivity contribution >= 4 is 27.7 Å². The van der Waals surface area contributed by atoms with E-state index in [-0.39, 0.29) is 10.7 Å². The Hall–Kier alpha value is -0.900. The Morgan fingerprint density at radius 2 is 2.07 bits per heavy atom. The van der Waals surface area contributed by atoms with Gasteiger partial charge in [-0.1, -0.05) is 35.8 Å². The van der Waals surface area contributed by atoms with E-state index in [9.17, 15) is 4.79 Å². The number of amides is 1. The fourth-order valence-corrected chi connectivity index (χ4v) is 1.16. The van der Waals surface area contributed by atoms with E-state index in [1.165, 1.54) is 5.56 Å². The molecule has 0 aliphatic heterocycles. The summed E-state index contributed by atoms with van der Waals surface area (Å²) in [4.78, 5) is 15.3. The van der Waals surface area contributed by atoms with Crippen molar-refractivity contribution in [2.75, 3.05) is 5.32 Å². The van der Waals surface area contributed by atoms with Crippen LogP contribution in [0.3, 0.4) is 0 Å². The Bertz CT molecular complexity index is 333. The van der Waals surface area contributed by atoms with E-state index >= 15 is 0 Å². The fraction of sp³-hybridized carbons (Fsp3) is 0.455. The van der Waals surface area contributed by atoms with Gasteiger partial charge in [-0.15, -0.1) is 0 Å². The zero-order valence-electron chi connectivity index (χ0n) is 9.12. The standard InChI is InChI=1S/C11H15BrN2O/c1-7(2)9-4-5-10(13-6-9)14-11(15)8(3)12/h4-8H,1-3H3,(H,13,14,15). The first-order chi connectivity index (χ1) is 7.00. The topological polar surface area (TPSA) is 42.0 Å². The van der Waals surface area contributed by atoms with Gasteiger partial charge in [-0.2, -0.15) is 0 Å². The van der Waals surface area contributed by atoms with E-state index in [0.717, 1.165) is 0 Å². The maximum absolute atomic E-state index is 11.3. The largest absolute Gasteiger partial charge is 0.310 e. The van der Waals surface area contributed by atoms with Gasteiger partial charge in [0.05, 0.1) is 4.83 Å². The third-order valence-electron chi connectivity index (χ3n) is 2.07. The number of hydrogen-bond donors (Lipinski definition) is 1. The highest BCUT2D eigenvalue weighted by Crippen LogP contribution is 2.14. The average molecular weight is 271 g/mol. The van der Waals surface area contributed by atoms with Crippen molar-refractivity contribution in [3.63, 3.8) is 0 Å². The van der Waals surface area contributed by atoms with Gasteiger partial charge in [0.25, 0.3) is 0 Å². The van der Waals surface area contributed by atoms with Crippen molar-refractivity contribution in [1.82, 2.24) is 4.98 Å². The molecule has 1 aromatic rings. The van der Waals surface area contributed by atoms with E-state index in [2.05, 4.69) is 40.1 Å². The van der Waals surface area contributed by atoms with Gasteiger partial charge in [-0.25, -0.2) is 4.98 Å². The van der Waals surface area contributed by atoms with E-state index < -0.39 is 0 Å². The number of aromatic nitrogens is 1. The van der Waals surface area contributed by atoms with Crippen molar-refractivity contribution in [3.05, 3.63) is 23.9 Å². The first-order valence-corrected chi connectivity index (χ1v) is 5.83. The molecule has 0 saturated heterocycles. The van der Waals surface area contributed by atoms with Gasteiger partial charge in [0.15, 0.2) is 0 Å². The summed E-state index contributed by atoms with van der Waals surface area (Å²) in [6.07, 6.45) is 1.79. The molecule has 0 aromatic carbocycles. The van der Waals surface area contributed by atoms with Crippen molar-refractivity contribution in [3.8, 4) is 0 Å². The number of hydrogen-bond acceptors (Lipinski definition) is 2. The van der Waals surface area contributed by atoms with Crippen LogP contribution in [0.25, 0.3) is 0 Å². The minimum atomic E-state index is -0.205. The molecule has 4 heteroatoms. The lowest BCUT2D eigenvalue weighted by Crippen LogP contribution is -2.20. The van der Waals surface area contributed by atoms with Crippen LogP contribution in [0.1, 0.15) is 32.3 Å². The quantitative estimate of drug-likeness (QED) is 0.859. The fourth-order valence-electron chi connectivity index (χ4n) is 1.05. The van der Waals surface area contributed by atoms with Crippen molar-refractivity contribution in [2.24, 2.45) is 0 Å². The molecule has 1 atom stereocenters. The van der Waals surface area contributed by atoms with E-state index in [1.54, 1.807) is 13.1 Å². The Morgan fingerprint density at radius 3 is 2.47 bits per heavy atom. The Morgan fingerprint density at radius 1 is 1.40 bits per heavy atom. The van der Waals surface area contributed by atoms with Crippen LogP contribution >= 0.6 is 15.9 Å². The smallest absolute Gasteiger partial charge is 0.239 e. The summed E-state index contributed by atoms with van der Waals surface area (Å²) < 4.78 is 0. The maximum Gasteiger partial charge on any atom is 0.239 e. The second kappa shape index (κ2) is 5.26. The molecule has 0 saturated carbocycles. The first kappa shape index (κ1) is 12.2. The molecule has 0 aliphatic carbocycles. The second-order valence-corrected chi connectivity index (χ2v) is 5.11. The third-order valence-corrected chi connectivity index (χ3v) is 2.48. The van der Waals surface area contributed by atoms with Gasteiger partial charge in [0.2, 0.25) is 5.91 Å². The minimum Gasteiger partial charge on any atom is -0.310 e. The molecule has 1 heterocycles. The molecule has 1 aromatic heterocycles. The number of halogens is 1. The van der Waals surface area contributed by atoms with Crippen LogP contribution in [-0.2, 0) is 4.79 Å². The number of anilines is 1. The van der Waals surface area contributed by atoms with Crippen LogP contribution in [0.5, 0.6) is 0 Å². The predicted molar refractivity (Wildman–Crippen MR) is 65.3 cm³/mol. The molecular weight excluding hydrogens is 256 g/mol. The van der Waals surface area contributed by atoms with Gasteiger partial charge in [-0.05, 0) is 24.5 Å². The zero-order valence-corrected chi connectivity index (χ0v) is 10.7. The van der Waals surface area contributed by atoms with Crippen molar-refractivity contribution in [1.29, 1.82) is 0 Å². The molecule has 0 fully saturated rings. The predicted octanol–water partition coefficient (Wildman–Crippen LogP) is 2.93. The van der Waals surface area contributed by atoms with Crippen LogP contribution < -0.4 is 5.32 Å². The Balaban J connectivity index is 2.69. The van der Waals surface area contributed by atoms with Gasteiger partial charge in [-0.3, -0.25) is 4.79 Å². The number of alkyl halides is 1. The van der Waals surface area contributed by atoms with Crippen LogP contribution in [0.15, 0.2) is 18.3 Å². The van der Waals surface area contributed by atoms with Crippen LogP contribution in [0.4, 0.5) is 5.82 Å². The number of nitrogens with zero attached hydrogens (tertiary/aromatic N) is 1. The normalized spacial score (nSPS) is 12.6. The van der Waals surface area contributed by atoms with E-state index in [1.807, 2.05) is 12.1 Å². The summed E-state index contributed by atoms with van der Waals surface area (Å²) in [6.45, 7) is 5.99. The van der Waals surface area contributed by atoms with Gasteiger partial charge in [0, 0.05) is 6.20 Å². The number of nitrogens with one attached hydrogen (secondary N) is 1. The molecule has 1 unspecified atom stereocenters. The summed E-state index contributed by atoms with van der Waals surface area (Å²) in [7, 11) is 0. The summed E-state index contributed by atoms with van der Waals surface area (Å²) in [5, 5.41) is 2.71. The lowest BCUT2D eigenvalue weighted by Gasteiger charge is -2.08. The maximum atomic E-state index is 11.3. The van der Waals surface area contributed by atoms with Crippen LogP contribution in [-0.4, -0.2) is 15.7 Å². The second-order valence-electron chi connectivity index (χ2n) is 3.74. The molecule has 1 rings (SSSR count). The summed E-state index contributed by atoms with van der Waals surface area (Å²) in [5.41, 5.74) is 1.17. The molecule has 82 valence electrons. The highest BCUT2D eigenvalue weighted by Gasteiger charge is 2.09. The lowest BCUT2D eigenvalue weighted by atomic mass is 10.1. The molecular formula is C11H15BrN2O. The molecule has 1 amide bonds. The number of carbonyl (C=O) groups excluding carboxylic acids is 1. The number of carbonyl (C=O) groups is 1. The third kappa shape index (κ3) is 3.63. The molecule has 0 spiro atoms. The number of pyridine rings is 1. The SMILES string of the molecule is CC(Br)C(=O)Nc1ccc(C(C)C)cn1. The highest BCUT2D eigenvalue weighted by molar-refractivity contribution is 9.10. The molecule has 15 heavy (non-hydrogen) atoms. The van der Waals surface area contributed by atoms with Gasteiger partial charge < -0.3 is 5.32 Å². The Labute approximate surface area is 98.4 Å². The van der Waals surface area contributed by atoms with E-state index in [0.29, 0.717) is 11.7 Å². The monoisotopic (exact) mass is 270 g/mol. The summed E-state index contributed by atoms with van der Waals surface area (Å²) in [6, 6.07) is 3.80. The minimum absolute atomic E-state index is 0.0835. The zero-order chi connectivity index (χ0) is 11.4. The van der Waals surface area contributed by atoms with Crippen molar-refractivity contribution in [2.45, 2.75) is 31.5 Å².